The zero-order valence-corrected chi connectivity index (χ0v) is 12.2. The number of carbonyl (C=O) groups is 1. The Hall–Kier alpha value is 0.0700. The van der Waals surface area contributed by atoms with Crippen molar-refractivity contribution in [3.05, 3.63) is 0 Å². The average Bonchev–Trinajstić information content (AvgIpc) is 2.21. The van der Waals surface area contributed by atoms with E-state index in [4.69, 9.17) is 0 Å². The summed E-state index contributed by atoms with van der Waals surface area (Å²) in [6.07, 6.45) is 2.05. The van der Waals surface area contributed by atoms with Crippen LogP contribution in [0.1, 0.15) is 20.8 Å². The van der Waals surface area contributed by atoms with E-state index >= 15 is 0 Å². The summed E-state index contributed by atoms with van der Waals surface area (Å²) in [6, 6.07) is 0.754. The third-order valence-electron chi connectivity index (χ3n) is 2.89. The van der Waals surface area contributed by atoms with Crippen molar-refractivity contribution in [2.45, 2.75) is 32.9 Å². The second-order valence-electron chi connectivity index (χ2n) is 4.51. The Morgan fingerprint density at radius 3 is 2.75 bits per heavy atom. The molecule has 16 heavy (non-hydrogen) atoms. The summed E-state index contributed by atoms with van der Waals surface area (Å²) in [6.45, 7) is 8.03. The lowest BCUT2D eigenvalue weighted by Gasteiger charge is -2.38. The minimum atomic E-state index is 0. The first-order valence-corrected chi connectivity index (χ1v) is 6.98. The van der Waals surface area contributed by atoms with Crippen LogP contribution in [0.3, 0.4) is 0 Å². The van der Waals surface area contributed by atoms with Gasteiger partial charge in [0.2, 0.25) is 5.91 Å². The molecule has 1 aliphatic heterocycles. The van der Waals surface area contributed by atoms with Gasteiger partial charge in [0.25, 0.3) is 0 Å². The largest absolute Gasteiger partial charge is 0.337 e. The van der Waals surface area contributed by atoms with Gasteiger partial charge in [0.15, 0.2) is 0 Å². The summed E-state index contributed by atoms with van der Waals surface area (Å²) in [5.41, 5.74) is 0. The monoisotopic (exact) mass is 266 g/mol. The van der Waals surface area contributed by atoms with Crippen molar-refractivity contribution in [2.24, 2.45) is 5.92 Å². The molecule has 3 unspecified atom stereocenters. The zero-order valence-electron chi connectivity index (χ0n) is 10.5. The summed E-state index contributed by atoms with van der Waals surface area (Å²) in [5.74, 6) is 1.38. The maximum Gasteiger partial charge on any atom is 0.226 e. The molecule has 1 aliphatic rings. The molecular formula is C11H23ClN2OS. The van der Waals surface area contributed by atoms with Crippen LogP contribution in [0.15, 0.2) is 0 Å². The van der Waals surface area contributed by atoms with E-state index < -0.39 is 0 Å². The minimum Gasteiger partial charge on any atom is -0.337 e. The quantitative estimate of drug-likeness (QED) is 0.843. The van der Waals surface area contributed by atoms with Gasteiger partial charge in [-0.2, -0.15) is 11.8 Å². The van der Waals surface area contributed by atoms with E-state index in [1.54, 1.807) is 11.8 Å². The van der Waals surface area contributed by atoms with Crippen LogP contribution in [0.25, 0.3) is 0 Å². The summed E-state index contributed by atoms with van der Waals surface area (Å²) in [4.78, 5) is 14.2. The highest BCUT2D eigenvalue weighted by atomic mass is 35.5. The topological polar surface area (TPSA) is 32.3 Å². The minimum absolute atomic E-state index is 0. The molecule has 3 atom stereocenters. The molecule has 0 spiro atoms. The average molecular weight is 267 g/mol. The number of hydrogen-bond acceptors (Lipinski definition) is 3. The Balaban J connectivity index is 0.00000225. The van der Waals surface area contributed by atoms with Gasteiger partial charge in [-0.15, -0.1) is 12.4 Å². The van der Waals surface area contributed by atoms with Crippen LogP contribution in [0, 0.1) is 5.92 Å². The number of rotatable bonds is 3. The third-order valence-corrected chi connectivity index (χ3v) is 3.72. The van der Waals surface area contributed by atoms with Crippen molar-refractivity contribution in [1.82, 2.24) is 10.2 Å². The maximum absolute atomic E-state index is 12.1. The first-order valence-electron chi connectivity index (χ1n) is 5.59. The fourth-order valence-corrected chi connectivity index (χ4v) is 2.58. The standard InChI is InChI=1S/C11H22N2OS.ClH/c1-8(7-15-4)11(14)13-6-9(2)12-5-10(13)3;/h8-10,12H,5-7H2,1-4H3;1H. The van der Waals surface area contributed by atoms with Gasteiger partial charge in [0.1, 0.15) is 0 Å². The lowest BCUT2D eigenvalue weighted by atomic mass is 10.1. The van der Waals surface area contributed by atoms with Crippen molar-refractivity contribution in [3.63, 3.8) is 0 Å². The molecule has 3 nitrogen and oxygen atoms in total. The number of hydrogen-bond donors (Lipinski definition) is 1. The highest BCUT2D eigenvalue weighted by Gasteiger charge is 2.28. The van der Waals surface area contributed by atoms with E-state index in [9.17, 15) is 4.79 Å². The molecule has 1 saturated heterocycles. The number of carbonyl (C=O) groups excluding carboxylic acids is 1. The van der Waals surface area contributed by atoms with Crippen LogP contribution in [0.2, 0.25) is 0 Å². The lowest BCUT2D eigenvalue weighted by Crippen LogP contribution is -2.57. The van der Waals surface area contributed by atoms with Crippen molar-refractivity contribution in [3.8, 4) is 0 Å². The number of piperazine rings is 1. The van der Waals surface area contributed by atoms with Gasteiger partial charge in [-0.05, 0) is 20.1 Å². The van der Waals surface area contributed by atoms with Gasteiger partial charge in [-0.3, -0.25) is 4.79 Å². The van der Waals surface area contributed by atoms with Crippen LogP contribution in [0.5, 0.6) is 0 Å². The third kappa shape index (κ3) is 4.15. The highest BCUT2D eigenvalue weighted by Crippen LogP contribution is 2.14. The van der Waals surface area contributed by atoms with E-state index in [1.807, 2.05) is 18.1 Å². The summed E-state index contributed by atoms with van der Waals surface area (Å²) >= 11 is 1.74. The maximum atomic E-state index is 12.1. The van der Waals surface area contributed by atoms with Gasteiger partial charge in [0.05, 0.1) is 0 Å². The fraction of sp³-hybridized carbons (Fsp3) is 0.909. The molecule has 1 N–H and O–H groups in total. The second-order valence-corrected chi connectivity index (χ2v) is 5.42. The van der Waals surface area contributed by atoms with Crippen LogP contribution >= 0.6 is 24.2 Å². The molecule has 1 rings (SSSR count). The zero-order chi connectivity index (χ0) is 11.4. The molecule has 1 fully saturated rings. The molecule has 0 aromatic heterocycles. The first kappa shape index (κ1) is 16.1. The Labute approximate surface area is 109 Å². The number of amides is 1. The summed E-state index contributed by atoms with van der Waals surface area (Å²) < 4.78 is 0. The molecule has 0 aliphatic carbocycles. The molecule has 0 bridgehead atoms. The van der Waals surface area contributed by atoms with Gasteiger partial charge in [-0.25, -0.2) is 0 Å². The second kappa shape index (κ2) is 7.41. The Bertz CT molecular complexity index is 228. The number of nitrogens with one attached hydrogen (secondary N) is 1. The van der Waals surface area contributed by atoms with Crippen molar-refractivity contribution >= 4 is 30.1 Å². The fourth-order valence-electron chi connectivity index (χ4n) is 1.93. The molecule has 1 amide bonds. The van der Waals surface area contributed by atoms with Crippen LogP contribution in [-0.2, 0) is 4.79 Å². The van der Waals surface area contributed by atoms with E-state index in [2.05, 4.69) is 19.2 Å². The Morgan fingerprint density at radius 2 is 2.19 bits per heavy atom. The predicted octanol–water partition coefficient (Wildman–Crippen LogP) is 1.62. The van der Waals surface area contributed by atoms with Gasteiger partial charge < -0.3 is 10.2 Å². The molecule has 0 aromatic carbocycles. The van der Waals surface area contributed by atoms with E-state index in [0.717, 1.165) is 18.8 Å². The molecule has 1 heterocycles. The smallest absolute Gasteiger partial charge is 0.226 e. The van der Waals surface area contributed by atoms with Crippen molar-refractivity contribution < 1.29 is 4.79 Å². The SMILES string of the molecule is CSCC(C)C(=O)N1CC(C)NCC1C.Cl. The molecule has 96 valence electrons. The normalized spacial score (nSPS) is 27.1. The van der Waals surface area contributed by atoms with Gasteiger partial charge in [-0.1, -0.05) is 6.92 Å². The molecular weight excluding hydrogens is 244 g/mol. The van der Waals surface area contributed by atoms with Crippen molar-refractivity contribution in [1.29, 1.82) is 0 Å². The Morgan fingerprint density at radius 1 is 1.56 bits per heavy atom. The van der Waals surface area contributed by atoms with Gasteiger partial charge >= 0.3 is 0 Å². The highest BCUT2D eigenvalue weighted by molar-refractivity contribution is 7.98. The number of halogens is 1. The molecule has 0 saturated carbocycles. The lowest BCUT2D eigenvalue weighted by molar-refractivity contribution is -0.137. The van der Waals surface area contributed by atoms with Crippen molar-refractivity contribution in [2.75, 3.05) is 25.1 Å². The summed E-state index contributed by atoms with van der Waals surface area (Å²) in [7, 11) is 0. The predicted molar refractivity (Wildman–Crippen MR) is 73.4 cm³/mol. The number of thioether (sulfide) groups is 1. The van der Waals surface area contributed by atoms with Crippen LogP contribution < -0.4 is 5.32 Å². The van der Waals surface area contributed by atoms with E-state index in [1.165, 1.54) is 0 Å². The molecule has 0 radical (unpaired) electrons. The summed E-state index contributed by atoms with van der Waals surface area (Å²) in [5, 5.41) is 3.39. The Kier molecular flexibility index (Phi) is 7.44. The van der Waals surface area contributed by atoms with E-state index in [-0.39, 0.29) is 18.3 Å². The number of nitrogens with zero attached hydrogens (tertiary/aromatic N) is 1. The first-order chi connectivity index (χ1) is 7.06. The molecule has 0 aromatic rings. The molecule has 5 heteroatoms. The van der Waals surface area contributed by atoms with Gasteiger partial charge in [0, 0.05) is 36.8 Å². The van der Waals surface area contributed by atoms with Crippen LogP contribution in [-0.4, -0.2) is 48.0 Å². The van der Waals surface area contributed by atoms with Crippen LogP contribution in [0.4, 0.5) is 0 Å². The van der Waals surface area contributed by atoms with E-state index in [0.29, 0.717) is 18.0 Å².